The molecule has 0 bridgehead atoms. The minimum atomic E-state index is -0.124. The second kappa shape index (κ2) is 6.57. The Morgan fingerprint density at radius 1 is 1.24 bits per heavy atom. The lowest BCUT2D eigenvalue weighted by Gasteiger charge is -2.21. The lowest BCUT2D eigenvalue weighted by atomic mass is 9.96. The topological polar surface area (TPSA) is 55.1 Å². The smallest absolute Gasteiger partial charge is 0.257 e. The number of amides is 1. The van der Waals surface area contributed by atoms with E-state index in [1.165, 1.54) is 0 Å². The highest BCUT2D eigenvalue weighted by atomic mass is 16.5. The molecule has 4 nitrogen and oxygen atoms in total. The van der Waals surface area contributed by atoms with Gasteiger partial charge in [0.05, 0.1) is 11.7 Å². The summed E-state index contributed by atoms with van der Waals surface area (Å²) >= 11 is 0. The molecule has 1 heterocycles. The van der Waals surface area contributed by atoms with Crippen molar-refractivity contribution >= 4 is 5.91 Å². The first-order chi connectivity index (χ1) is 9.99. The molecule has 0 saturated carbocycles. The molecule has 0 saturated heterocycles. The maximum absolute atomic E-state index is 12.5. The van der Waals surface area contributed by atoms with Gasteiger partial charge in [-0.05, 0) is 31.7 Å². The summed E-state index contributed by atoms with van der Waals surface area (Å²) in [5.41, 5.74) is 2.28. The van der Waals surface area contributed by atoms with E-state index in [9.17, 15) is 4.79 Å². The first-order valence-electron chi connectivity index (χ1n) is 7.27. The van der Waals surface area contributed by atoms with Gasteiger partial charge < -0.3 is 9.84 Å². The van der Waals surface area contributed by atoms with Gasteiger partial charge in [0.25, 0.3) is 5.91 Å². The van der Waals surface area contributed by atoms with Crippen LogP contribution in [-0.4, -0.2) is 11.1 Å². The number of hydrogen-bond donors (Lipinski definition) is 1. The molecule has 0 aliphatic carbocycles. The molecule has 21 heavy (non-hydrogen) atoms. The normalized spacial score (nSPS) is 12.4. The molecule has 0 aliphatic heterocycles. The van der Waals surface area contributed by atoms with Crippen LogP contribution < -0.4 is 5.32 Å². The van der Waals surface area contributed by atoms with Crippen molar-refractivity contribution < 1.29 is 9.32 Å². The molecule has 2 rings (SSSR count). The van der Waals surface area contributed by atoms with Crippen LogP contribution in [-0.2, 0) is 0 Å². The van der Waals surface area contributed by atoms with Crippen LogP contribution in [0.2, 0.25) is 0 Å². The highest BCUT2D eigenvalue weighted by Crippen LogP contribution is 2.22. The monoisotopic (exact) mass is 286 g/mol. The molecule has 1 N–H and O–H groups in total. The van der Waals surface area contributed by atoms with E-state index in [0.29, 0.717) is 22.9 Å². The number of carbonyl (C=O) groups is 1. The van der Waals surface area contributed by atoms with Crippen molar-refractivity contribution in [3.63, 3.8) is 0 Å². The summed E-state index contributed by atoms with van der Waals surface area (Å²) in [6, 6.07) is 10.0. The first kappa shape index (κ1) is 15.3. The Bertz CT molecular complexity index is 583. The van der Waals surface area contributed by atoms with Crippen molar-refractivity contribution in [3.8, 4) is 0 Å². The fraction of sp³-hybridized carbons (Fsp3) is 0.412. The third-order valence-electron chi connectivity index (χ3n) is 3.47. The largest absolute Gasteiger partial charge is 0.361 e. The maximum Gasteiger partial charge on any atom is 0.257 e. The molecule has 1 aromatic heterocycles. The highest BCUT2D eigenvalue weighted by molar-refractivity contribution is 5.96. The van der Waals surface area contributed by atoms with Crippen molar-refractivity contribution in [2.45, 2.75) is 40.2 Å². The molecular weight excluding hydrogens is 264 g/mol. The lowest BCUT2D eigenvalue weighted by molar-refractivity contribution is 0.0930. The third kappa shape index (κ3) is 3.72. The number of carbonyl (C=O) groups excluding carboxylic acids is 1. The minimum absolute atomic E-state index is 0.00704. The van der Waals surface area contributed by atoms with E-state index in [2.05, 4.69) is 24.3 Å². The fourth-order valence-electron chi connectivity index (χ4n) is 2.47. The van der Waals surface area contributed by atoms with Gasteiger partial charge in [-0.25, -0.2) is 0 Å². The Labute approximate surface area is 125 Å². The van der Waals surface area contributed by atoms with Crippen LogP contribution in [0.25, 0.3) is 0 Å². The Kier molecular flexibility index (Phi) is 4.78. The predicted octanol–water partition coefficient (Wildman–Crippen LogP) is 3.81. The van der Waals surface area contributed by atoms with Crippen LogP contribution in [0.3, 0.4) is 0 Å². The summed E-state index contributed by atoms with van der Waals surface area (Å²) in [6.45, 7) is 7.84. The molecule has 0 fully saturated rings. The third-order valence-corrected chi connectivity index (χ3v) is 3.47. The van der Waals surface area contributed by atoms with E-state index in [1.807, 2.05) is 30.3 Å². The zero-order valence-electron chi connectivity index (χ0n) is 13.0. The van der Waals surface area contributed by atoms with Gasteiger partial charge in [0, 0.05) is 0 Å². The molecule has 0 spiro atoms. The van der Waals surface area contributed by atoms with Crippen molar-refractivity contribution in [2.24, 2.45) is 5.92 Å². The summed E-state index contributed by atoms with van der Waals surface area (Å²) in [7, 11) is 0. The van der Waals surface area contributed by atoms with Gasteiger partial charge >= 0.3 is 0 Å². The summed E-state index contributed by atoms with van der Waals surface area (Å²) in [5.74, 6) is 0.919. The summed E-state index contributed by atoms with van der Waals surface area (Å²) in [5, 5.41) is 6.95. The van der Waals surface area contributed by atoms with Crippen molar-refractivity contribution in [1.29, 1.82) is 0 Å². The van der Waals surface area contributed by atoms with Crippen LogP contribution in [0.4, 0.5) is 0 Å². The zero-order chi connectivity index (χ0) is 15.4. The van der Waals surface area contributed by atoms with E-state index in [4.69, 9.17) is 4.52 Å². The summed E-state index contributed by atoms with van der Waals surface area (Å²) in [6.07, 6.45) is 0.888. The molecule has 4 heteroatoms. The molecule has 0 aliphatic rings. The Hall–Kier alpha value is -2.10. The number of nitrogens with zero attached hydrogens (tertiary/aromatic N) is 1. The van der Waals surface area contributed by atoms with Gasteiger partial charge in [-0.15, -0.1) is 0 Å². The van der Waals surface area contributed by atoms with Gasteiger partial charge in [0.1, 0.15) is 11.3 Å². The van der Waals surface area contributed by atoms with Gasteiger partial charge in [-0.1, -0.05) is 49.3 Å². The number of aromatic nitrogens is 1. The van der Waals surface area contributed by atoms with E-state index in [-0.39, 0.29) is 11.9 Å². The SMILES string of the molecule is Cc1noc(C)c1C(=O)NC(CC(C)C)c1ccccc1. The summed E-state index contributed by atoms with van der Waals surface area (Å²) < 4.78 is 5.07. The molecule has 2 aromatic rings. The molecule has 1 aromatic carbocycles. The predicted molar refractivity (Wildman–Crippen MR) is 82.1 cm³/mol. The van der Waals surface area contributed by atoms with E-state index < -0.39 is 0 Å². The van der Waals surface area contributed by atoms with Crippen LogP contribution >= 0.6 is 0 Å². The number of aryl methyl sites for hydroxylation is 2. The number of hydrogen-bond acceptors (Lipinski definition) is 3. The fourth-order valence-corrected chi connectivity index (χ4v) is 2.47. The number of rotatable bonds is 5. The van der Waals surface area contributed by atoms with Crippen molar-refractivity contribution in [2.75, 3.05) is 0 Å². The highest BCUT2D eigenvalue weighted by Gasteiger charge is 2.22. The average molecular weight is 286 g/mol. The van der Waals surface area contributed by atoms with Crippen LogP contribution in [0.5, 0.6) is 0 Å². The quantitative estimate of drug-likeness (QED) is 0.909. The van der Waals surface area contributed by atoms with Crippen molar-refractivity contribution in [1.82, 2.24) is 10.5 Å². The molecule has 1 unspecified atom stereocenters. The first-order valence-corrected chi connectivity index (χ1v) is 7.27. The minimum Gasteiger partial charge on any atom is -0.361 e. The zero-order valence-corrected chi connectivity index (χ0v) is 13.0. The Morgan fingerprint density at radius 2 is 1.90 bits per heavy atom. The Morgan fingerprint density at radius 3 is 2.43 bits per heavy atom. The van der Waals surface area contributed by atoms with Crippen LogP contribution in [0.1, 0.15) is 53.7 Å². The molecule has 112 valence electrons. The van der Waals surface area contributed by atoms with E-state index >= 15 is 0 Å². The second-order valence-corrected chi connectivity index (χ2v) is 5.77. The van der Waals surface area contributed by atoms with Gasteiger partial charge in [-0.2, -0.15) is 0 Å². The Balaban J connectivity index is 2.21. The number of benzene rings is 1. The van der Waals surface area contributed by atoms with Crippen LogP contribution in [0, 0.1) is 19.8 Å². The maximum atomic E-state index is 12.5. The van der Waals surface area contributed by atoms with Gasteiger partial charge in [-0.3, -0.25) is 4.79 Å². The summed E-state index contributed by atoms with van der Waals surface area (Å²) in [4.78, 5) is 12.5. The molecular formula is C17H22N2O2. The second-order valence-electron chi connectivity index (χ2n) is 5.77. The van der Waals surface area contributed by atoms with Gasteiger partial charge in [0.15, 0.2) is 0 Å². The van der Waals surface area contributed by atoms with Crippen LogP contribution in [0.15, 0.2) is 34.9 Å². The van der Waals surface area contributed by atoms with E-state index in [0.717, 1.165) is 12.0 Å². The average Bonchev–Trinajstić information content (AvgIpc) is 2.78. The van der Waals surface area contributed by atoms with Crippen molar-refractivity contribution in [3.05, 3.63) is 52.9 Å². The van der Waals surface area contributed by atoms with E-state index in [1.54, 1.807) is 13.8 Å². The molecule has 1 amide bonds. The van der Waals surface area contributed by atoms with Gasteiger partial charge in [0.2, 0.25) is 0 Å². The number of nitrogens with one attached hydrogen (secondary N) is 1. The molecule has 0 radical (unpaired) electrons. The molecule has 1 atom stereocenters. The standard InChI is InChI=1S/C17H22N2O2/c1-11(2)10-15(14-8-6-5-7-9-14)18-17(20)16-12(3)19-21-13(16)4/h5-9,11,15H,10H2,1-4H3,(H,18,20). The lowest BCUT2D eigenvalue weighted by Crippen LogP contribution is -2.30.